The van der Waals surface area contributed by atoms with E-state index in [1.165, 1.54) is 70.6 Å². The number of nitrogens with one attached hydrogen (secondary N) is 1. The van der Waals surface area contributed by atoms with E-state index in [0.29, 0.717) is 54.1 Å². The van der Waals surface area contributed by atoms with Gasteiger partial charge in [0.2, 0.25) is 0 Å². The minimum atomic E-state index is -0.0616. The Balaban J connectivity index is 0.000000225. The molecular formula is C44H55N5O3. The first-order valence-electron chi connectivity index (χ1n) is 19.0. The summed E-state index contributed by atoms with van der Waals surface area (Å²) >= 11 is 0. The van der Waals surface area contributed by atoms with Gasteiger partial charge in [0.15, 0.2) is 17.3 Å². The molecule has 2 aliphatic carbocycles. The number of aromatic nitrogens is 1. The maximum atomic E-state index is 12.5. The van der Waals surface area contributed by atoms with Crippen LogP contribution >= 0.6 is 0 Å². The number of allylic oxidation sites excluding steroid dienone is 2. The molecule has 3 aromatic carbocycles. The van der Waals surface area contributed by atoms with Gasteiger partial charge in [0.25, 0.3) is 0 Å². The second-order valence-corrected chi connectivity index (χ2v) is 14.2. The molecule has 0 aliphatic heterocycles. The molecule has 0 bridgehead atoms. The highest BCUT2D eigenvalue weighted by atomic mass is 16.5. The standard InChI is InChI=1S/C27H31N3O2.C17H24N2O/c28-24(16-26(31)22-12-6-2-7-13-22)19-30(18-21-10-4-1-5-11-21)20-25-17-27(32-29-25)23-14-8-3-9-15-23;18-15(12-17(20)14-8-4-3-5-9-14)13-19-16-10-6-1-2-7-11-16/h2-3,6-9,12-17,21H,1,4-5,10-11,18-20,28H2;3-5,8-9,12,16,19H,1-2,6-7,10-11,13,18H2/b24-16-;15-12-. The zero-order valence-corrected chi connectivity index (χ0v) is 30.4. The molecule has 0 saturated heterocycles. The highest BCUT2D eigenvalue weighted by Crippen LogP contribution is 2.26. The van der Waals surface area contributed by atoms with Crippen molar-refractivity contribution in [2.45, 2.75) is 83.2 Å². The van der Waals surface area contributed by atoms with E-state index in [2.05, 4.69) is 15.4 Å². The Morgan fingerprint density at radius 2 is 1.23 bits per heavy atom. The predicted molar refractivity (Wildman–Crippen MR) is 209 cm³/mol. The van der Waals surface area contributed by atoms with E-state index in [1.54, 1.807) is 12.2 Å². The molecule has 2 fully saturated rings. The summed E-state index contributed by atoms with van der Waals surface area (Å²) in [5.41, 5.74) is 16.7. The Hall–Kier alpha value is -4.79. The Bertz CT molecular complexity index is 1700. The number of benzene rings is 3. The van der Waals surface area contributed by atoms with Crippen molar-refractivity contribution < 1.29 is 14.1 Å². The van der Waals surface area contributed by atoms with Gasteiger partial charge in [0.05, 0.1) is 5.69 Å². The molecule has 52 heavy (non-hydrogen) atoms. The fraction of sp³-hybridized carbons (Fsp3) is 0.386. The average molecular weight is 702 g/mol. The van der Waals surface area contributed by atoms with Gasteiger partial charge in [-0.1, -0.05) is 141 Å². The SMILES string of the molecule is N/C(=C\C(=O)c1ccccc1)CN(Cc1cc(-c2ccccc2)on1)CC1CCCCC1.N/C(=C\C(=O)c1ccccc1)CNC1CCCCCC1. The average Bonchev–Trinajstić information content (AvgIpc) is 3.48. The van der Waals surface area contributed by atoms with Crippen LogP contribution in [0.5, 0.6) is 0 Å². The van der Waals surface area contributed by atoms with Crippen LogP contribution in [0.1, 0.15) is 97.0 Å². The summed E-state index contributed by atoms with van der Waals surface area (Å²) in [6, 6.07) is 31.0. The van der Waals surface area contributed by atoms with Crippen molar-refractivity contribution >= 4 is 11.6 Å². The summed E-state index contributed by atoms with van der Waals surface area (Å²) < 4.78 is 5.59. The fourth-order valence-corrected chi connectivity index (χ4v) is 7.08. The lowest BCUT2D eigenvalue weighted by molar-refractivity contribution is 0.103. The molecule has 0 unspecified atom stereocenters. The zero-order valence-electron chi connectivity index (χ0n) is 30.4. The molecule has 6 rings (SSSR count). The van der Waals surface area contributed by atoms with E-state index < -0.39 is 0 Å². The van der Waals surface area contributed by atoms with Crippen molar-refractivity contribution in [3.63, 3.8) is 0 Å². The smallest absolute Gasteiger partial charge is 0.187 e. The van der Waals surface area contributed by atoms with E-state index in [1.807, 2.05) is 97.1 Å². The van der Waals surface area contributed by atoms with Gasteiger partial charge in [-0.05, 0) is 31.6 Å². The van der Waals surface area contributed by atoms with Crippen LogP contribution < -0.4 is 16.8 Å². The summed E-state index contributed by atoms with van der Waals surface area (Å²) in [6.07, 6.45) is 17.2. The molecule has 1 heterocycles. The number of rotatable bonds is 14. The van der Waals surface area contributed by atoms with Crippen molar-refractivity contribution in [3.8, 4) is 11.3 Å². The normalized spacial score (nSPS) is 16.2. The number of hydrogen-bond donors (Lipinski definition) is 3. The highest BCUT2D eigenvalue weighted by Gasteiger charge is 2.20. The molecule has 8 heteroatoms. The summed E-state index contributed by atoms with van der Waals surface area (Å²) in [4.78, 5) is 26.8. The van der Waals surface area contributed by atoms with Gasteiger partial charge in [-0.2, -0.15) is 0 Å². The van der Waals surface area contributed by atoms with E-state index in [4.69, 9.17) is 16.0 Å². The van der Waals surface area contributed by atoms with E-state index in [0.717, 1.165) is 23.6 Å². The molecule has 4 aromatic rings. The van der Waals surface area contributed by atoms with Crippen LogP contribution in [0.15, 0.2) is 125 Å². The Morgan fingerprint density at radius 1 is 0.712 bits per heavy atom. The van der Waals surface area contributed by atoms with Crippen LogP contribution in [0.4, 0.5) is 0 Å². The lowest BCUT2D eigenvalue weighted by Gasteiger charge is -2.29. The summed E-state index contributed by atoms with van der Waals surface area (Å²) in [6.45, 7) is 2.72. The van der Waals surface area contributed by atoms with Crippen LogP contribution in [-0.2, 0) is 6.54 Å². The van der Waals surface area contributed by atoms with Crippen molar-refractivity contribution in [1.82, 2.24) is 15.4 Å². The number of carbonyl (C=O) groups is 2. The third-order valence-electron chi connectivity index (χ3n) is 9.85. The first-order chi connectivity index (χ1) is 25.4. The van der Waals surface area contributed by atoms with Crippen molar-refractivity contribution in [3.05, 3.63) is 137 Å². The molecule has 1 aromatic heterocycles. The van der Waals surface area contributed by atoms with Crippen molar-refractivity contribution in [2.75, 3.05) is 19.6 Å². The molecular weight excluding hydrogens is 647 g/mol. The van der Waals surface area contributed by atoms with Crippen molar-refractivity contribution in [2.24, 2.45) is 17.4 Å². The van der Waals surface area contributed by atoms with Crippen LogP contribution in [0.2, 0.25) is 0 Å². The molecule has 0 radical (unpaired) electrons. The lowest BCUT2D eigenvalue weighted by atomic mass is 9.89. The first-order valence-corrected chi connectivity index (χ1v) is 19.0. The molecule has 0 atom stereocenters. The first kappa shape index (κ1) is 38.4. The van der Waals surface area contributed by atoms with Crippen LogP contribution in [0.3, 0.4) is 0 Å². The molecule has 2 saturated carbocycles. The predicted octanol–water partition coefficient (Wildman–Crippen LogP) is 8.47. The van der Waals surface area contributed by atoms with Crippen LogP contribution in [0.25, 0.3) is 11.3 Å². The van der Waals surface area contributed by atoms with Gasteiger partial charge in [-0.3, -0.25) is 14.5 Å². The summed E-state index contributed by atoms with van der Waals surface area (Å²) in [7, 11) is 0. The molecule has 5 N–H and O–H groups in total. The van der Waals surface area contributed by atoms with Gasteiger partial charge < -0.3 is 21.3 Å². The van der Waals surface area contributed by atoms with Gasteiger partial charge in [-0.25, -0.2) is 0 Å². The molecule has 8 nitrogen and oxygen atoms in total. The van der Waals surface area contributed by atoms with Crippen molar-refractivity contribution in [1.29, 1.82) is 0 Å². The number of ketones is 2. The van der Waals surface area contributed by atoms with Crippen LogP contribution in [0, 0.1) is 5.92 Å². The second kappa shape index (κ2) is 20.9. The van der Waals surface area contributed by atoms with E-state index in [-0.39, 0.29) is 11.6 Å². The second-order valence-electron chi connectivity index (χ2n) is 14.2. The molecule has 2 aliphatic rings. The third kappa shape index (κ3) is 13.1. The minimum absolute atomic E-state index is 0.0224. The number of carbonyl (C=O) groups excluding carboxylic acids is 2. The number of hydrogen-bond acceptors (Lipinski definition) is 8. The number of nitrogens with zero attached hydrogens (tertiary/aromatic N) is 2. The minimum Gasteiger partial charge on any atom is -0.401 e. The molecule has 274 valence electrons. The fourth-order valence-electron chi connectivity index (χ4n) is 7.08. The largest absolute Gasteiger partial charge is 0.401 e. The van der Waals surface area contributed by atoms with Gasteiger partial charge in [-0.15, -0.1) is 0 Å². The van der Waals surface area contributed by atoms with Gasteiger partial charge >= 0.3 is 0 Å². The molecule has 0 amide bonds. The zero-order chi connectivity index (χ0) is 36.4. The summed E-state index contributed by atoms with van der Waals surface area (Å²) in [5, 5.41) is 7.77. The van der Waals surface area contributed by atoms with Gasteiger partial charge in [0, 0.05) is 78.5 Å². The Labute approximate surface area is 309 Å². The maximum Gasteiger partial charge on any atom is 0.187 e. The van der Waals surface area contributed by atoms with Gasteiger partial charge in [0.1, 0.15) is 0 Å². The topological polar surface area (TPSA) is 127 Å². The summed E-state index contributed by atoms with van der Waals surface area (Å²) in [5.74, 6) is 1.34. The number of nitrogens with two attached hydrogens (primary N) is 2. The van der Waals surface area contributed by atoms with E-state index in [9.17, 15) is 9.59 Å². The monoisotopic (exact) mass is 701 g/mol. The molecule has 0 spiro atoms. The quantitative estimate of drug-likeness (QED) is 0.0679. The third-order valence-corrected chi connectivity index (χ3v) is 9.85. The Morgan fingerprint density at radius 3 is 1.83 bits per heavy atom. The Kier molecular flexibility index (Phi) is 15.5. The van der Waals surface area contributed by atoms with Crippen LogP contribution in [-0.4, -0.2) is 47.3 Å². The highest BCUT2D eigenvalue weighted by molar-refractivity contribution is 6.05. The van der Waals surface area contributed by atoms with E-state index >= 15 is 0 Å². The maximum absolute atomic E-state index is 12.5. The lowest BCUT2D eigenvalue weighted by Crippen LogP contribution is -2.33.